The normalized spacial score (nSPS) is 16.3. The number of carbonyl (C=O) groups is 1. The average Bonchev–Trinajstić information content (AvgIpc) is 1.88. The first-order chi connectivity index (χ1) is 4.63. The van der Waals surface area contributed by atoms with Crippen LogP contribution in [-0.4, -0.2) is 24.2 Å². The quantitative estimate of drug-likeness (QED) is 0.612. The second-order valence-electron chi connectivity index (χ2n) is 2.49. The molecule has 0 bridgehead atoms. The molecule has 0 fully saturated rings. The minimum absolute atomic E-state index is 0.197. The molecule has 3 nitrogen and oxygen atoms in total. The third-order valence-electron chi connectivity index (χ3n) is 1.79. The lowest BCUT2D eigenvalue weighted by Gasteiger charge is -2.16. The Morgan fingerprint density at radius 3 is 2.30 bits per heavy atom. The molecule has 0 saturated carbocycles. The smallest absolute Gasteiger partial charge is 0.320 e. The van der Waals surface area contributed by atoms with Gasteiger partial charge in [-0.25, -0.2) is 0 Å². The van der Waals surface area contributed by atoms with Gasteiger partial charge in [-0.05, 0) is 13.0 Å². The number of carboxylic acids is 1. The van der Waals surface area contributed by atoms with Gasteiger partial charge in [0.1, 0.15) is 6.04 Å². The predicted molar refractivity (Wildman–Crippen MR) is 39.9 cm³/mol. The molecule has 0 saturated heterocycles. The van der Waals surface area contributed by atoms with E-state index in [2.05, 4.69) is 5.32 Å². The molecule has 0 radical (unpaired) electrons. The van der Waals surface area contributed by atoms with Crippen LogP contribution < -0.4 is 5.32 Å². The molecule has 0 aliphatic heterocycles. The van der Waals surface area contributed by atoms with E-state index in [1.807, 2.05) is 13.8 Å². The molecule has 0 aromatic carbocycles. The third-order valence-corrected chi connectivity index (χ3v) is 1.79. The Labute approximate surface area is 61.4 Å². The molecule has 0 heterocycles. The van der Waals surface area contributed by atoms with Crippen LogP contribution in [0.5, 0.6) is 0 Å². The second kappa shape index (κ2) is 4.28. The highest BCUT2D eigenvalue weighted by molar-refractivity contribution is 5.73. The largest absolute Gasteiger partial charge is 0.480 e. The summed E-state index contributed by atoms with van der Waals surface area (Å²) >= 11 is 0. The summed E-state index contributed by atoms with van der Waals surface area (Å²) in [6, 6.07) is -0.398. The van der Waals surface area contributed by atoms with Crippen LogP contribution in [-0.2, 0) is 4.79 Å². The standard InChI is InChI=1S/C7H15NO2/c1-4-5(2)6(8-3)7(9)10/h5-6,8H,4H2,1-3H3,(H,9,10)/t5-,6+/m0/s1. The fraction of sp³-hybridized carbons (Fsp3) is 0.857. The van der Waals surface area contributed by atoms with E-state index in [9.17, 15) is 4.79 Å². The molecular weight excluding hydrogens is 130 g/mol. The van der Waals surface area contributed by atoms with E-state index in [1.165, 1.54) is 0 Å². The van der Waals surface area contributed by atoms with E-state index < -0.39 is 12.0 Å². The maximum Gasteiger partial charge on any atom is 0.320 e. The van der Waals surface area contributed by atoms with Gasteiger partial charge < -0.3 is 10.4 Å². The minimum atomic E-state index is -0.767. The zero-order valence-corrected chi connectivity index (χ0v) is 6.72. The molecule has 0 aromatic rings. The fourth-order valence-corrected chi connectivity index (χ4v) is 0.887. The number of nitrogens with one attached hydrogen (secondary N) is 1. The van der Waals surface area contributed by atoms with Crippen molar-refractivity contribution in [2.24, 2.45) is 5.92 Å². The number of hydrogen-bond donors (Lipinski definition) is 2. The van der Waals surface area contributed by atoms with Crippen LogP contribution in [0.2, 0.25) is 0 Å². The van der Waals surface area contributed by atoms with Crippen LogP contribution in [0.4, 0.5) is 0 Å². The highest BCUT2D eigenvalue weighted by atomic mass is 16.4. The Bertz CT molecular complexity index is 114. The molecule has 3 heteroatoms. The number of rotatable bonds is 4. The molecule has 2 N–H and O–H groups in total. The highest BCUT2D eigenvalue weighted by Crippen LogP contribution is 2.06. The van der Waals surface area contributed by atoms with Gasteiger partial charge >= 0.3 is 5.97 Å². The molecule has 0 rings (SSSR count). The second-order valence-corrected chi connectivity index (χ2v) is 2.49. The number of carboxylic acid groups (broad SMARTS) is 1. The summed E-state index contributed by atoms with van der Waals surface area (Å²) < 4.78 is 0. The number of aliphatic carboxylic acids is 1. The summed E-state index contributed by atoms with van der Waals surface area (Å²) in [4.78, 5) is 10.5. The van der Waals surface area contributed by atoms with Gasteiger partial charge in [-0.15, -0.1) is 0 Å². The Morgan fingerprint density at radius 2 is 2.20 bits per heavy atom. The Hall–Kier alpha value is -0.570. The van der Waals surface area contributed by atoms with Crippen molar-refractivity contribution < 1.29 is 9.90 Å². The first-order valence-electron chi connectivity index (χ1n) is 3.53. The zero-order chi connectivity index (χ0) is 8.15. The topological polar surface area (TPSA) is 49.3 Å². The van der Waals surface area contributed by atoms with Crippen molar-refractivity contribution in [3.63, 3.8) is 0 Å². The van der Waals surface area contributed by atoms with Gasteiger partial charge in [0, 0.05) is 0 Å². The summed E-state index contributed by atoms with van der Waals surface area (Å²) in [5, 5.41) is 11.4. The van der Waals surface area contributed by atoms with Crippen LogP contribution in [0.15, 0.2) is 0 Å². The van der Waals surface area contributed by atoms with Crippen molar-refractivity contribution in [1.29, 1.82) is 0 Å². The third kappa shape index (κ3) is 2.35. The highest BCUT2D eigenvalue weighted by Gasteiger charge is 2.20. The van der Waals surface area contributed by atoms with Crippen LogP contribution in [0.1, 0.15) is 20.3 Å². The summed E-state index contributed by atoms with van der Waals surface area (Å²) in [6.45, 7) is 3.91. The Morgan fingerprint density at radius 1 is 1.70 bits per heavy atom. The maximum atomic E-state index is 10.5. The molecule has 0 unspecified atom stereocenters. The Balaban J connectivity index is 3.92. The molecule has 0 spiro atoms. The van der Waals surface area contributed by atoms with Gasteiger partial charge in [-0.3, -0.25) is 4.79 Å². The molecule has 0 aromatic heterocycles. The fourth-order valence-electron chi connectivity index (χ4n) is 0.887. The minimum Gasteiger partial charge on any atom is -0.480 e. The van der Waals surface area contributed by atoms with Gasteiger partial charge in [-0.1, -0.05) is 20.3 Å². The SMILES string of the molecule is CC[C@H](C)[C@@H](NC)C(=O)O. The molecule has 2 atom stereocenters. The van der Waals surface area contributed by atoms with Crippen molar-refractivity contribution >= 4 is 5.97 Å². The summed E-state index contributed by atoms with van der Waals surface area (Å²) in [7, 11) is 1.67. The van der Waals surface area contributed by atoms with E-state index in [0.29, 0.717) is 0 Å². The monoisotopic (exact) mass is 145 g/mol. The van der Waals surface area contributed by atoms with E-state index in [0.717, 1.165) is 6.42 Å². The van der Waals surface area contributed by atoms with Crippen LogP contribution in [0.3, 0.4) is 0 Å². The van der Waals surface area contributed by atoms with E-state index in [1.54, 1.807) is 7.05 Å². The first-order valence-corrected chi connectivity index (χ1v) is 3.53. The summed E-state index contributed by atoms with van der Waals surface area (Å²) in [5.74, 6) is -0.570. The van der Waals surface area contributed by atoms with E-state index in [4.69, 9.17) is 5.11 Å². The van der Waals surface area contributed by atoms with Crippen LogP contribution in [0, 0.1) is 5.92 Å². The average molecular weight is 145 g/mol. The number of likely N-dealkylation sites (N-methyl/N-ethyl adjacent to an activating group) is 1. The molecule has 60 valence electrons. The lowest BCUT2D eigenvalue weighted by molar-refractivity contribution is -0.140. The number of hydrogen-bond acceptors (Lipinski definition) is 2. The van der Waals surface area contributed by atoms with Crippen molar-refractivity contribution in [3.05, 3.63) is 0 Å². The molecular formula is C7H15NO2. The van der Waals surface area contributed by atoms with Gasteiger partial charge in [0.25, 0.3) is 0 Å². The van der Waals surface area contributed by atoms with Crippen molar-refractivity contribution in [2.45, 2.75) is 26.3 Å². The Kier molecular flexibility index (Phi) is 4.03. The lowest BCUT2D eigenvalue weighted by atomic mass is 10.00. The van der Waals surface area contributed by atoms with E-state index >= 15 is 0 Å². The molecule has 0 amide bonds. The first kappa shape index (κ1) is 9.43. The molecule has 0 aliphatic carbocycles. The van der Waals surface area contributed by atoms with Crippen molar-refractivity contribution in [3.8, 4) is 0 Å². The zero-order valence-electron chi connectivity index (χ0n) is 6.72. The van der Waals surface area contributed by atoms with Crippen molar-refractivity contribution in [2.75, 3.05) is 7.05 Å². The summed E-state index contributed by atoms with van der Waals surface area (Å²) in [6.07, 6.45) is 0.887. The van der Waals surface area contributed by atoms with Gasteiger partial charge in [0.05, 0.1) is 0 Å². The van der Waals surface area contributed by atoms with Gasteiger partial charge in [0.2, 0.25) is 0 Å². The van der Waals surface area contributed by atoms with Gasteiger partial charge in [-0.2, -0.15) is 0 Å². The predicted octanol–water partition coefficient (Wildman–Crippen LogP) is 0.705. The van der Waals surface area contributed by atoms with Crippen molar-refractivity contribution in [1.82, 2.24) is 5.32 Å². The molecule has 0 aliphatic rings. The van der Waals surface area contributed by atoms with E-state index in [-0.39, 0.29) is 5.92 Å². The maximum absolute atomic E-state index is 10.5. The van der Waals surface area contributed by atoms with Gasteiger partial charge in [0.15, 0.2) is 0 Å². The summed E-state index contributed by atoms with van der Waals surface area (Å²) in [5.41, 5.74) is 0. The lowest BCUT2D eigenvalue weighted by Crippen LogP contribution is -2.39. The van der Waals surface area contributed by atoms with Crippen LogP contribution >= 0.6 is 0 Å². The van der Waals surface area contributed by atoms with Crippen LogP contribution in [0.25, 0.3) is 0 Å². The molecule has 10 heavy (non-hydrogen) atoms.